The first-order valence-corrected chi connectivity index (χ1v) is 8.59. The summed E-state index contributed by atoms with van der Waals surface area (Å²) in [6.45, 7) is 3.98. The van der Waals surface area contributed by atoms with Crippen molar-refractivity contribution in [1.82, 2.24) is 10.3 Å². The van der Waals surface area contributed by atoms with Crippen LogP contribution in [0.4, 0.5) is 5.69 Å². The van der Waals surface area contributed by atoms with E-state index < -0.39 is 0 Å². The standard InChI is InChI=1S/C20H25N3O/c1-14-4-5-16(15(2)22-14)6-11-19(24)23-20(12-3-13-20)17-7-9-18(21)10-8-17/h4-5,7-10H,3,6,11-13,21H2,1-2H3,(H,23,24). The van der Waals surface area contributed by atoms with Gasteiger partial charge in [-0.3, -0.25) is 9.78 Å². The van der Waals surface area contributed by atoms with Crippen LogP contribution in [0.15, 0.2) is 36.4 Å². The molecule has 1 aromatic heterocycles. The lowest BCUT2D eigenvalue weighted by Gasteiger charge is -2.43. The Morgan fingerprint density at radius 1 is 1.17 bits per heavy atom. The van der Waals surface area contributed by atoms with E-state index in [1.807, 2.05) is 44.2 Å². The SMILES string of the molecule is Cc1ccc(CCC(=O)NC2(c3ccc(N)cc3)CCC2)c(C)n1. The molecule has 1 aliphatic carbocycles. The highest BCUT2D eigenvalue weighted by atomic mass is 16.1. The minimum Gasteiger partial charge on any atom is -0.399 e. The molecule has 1 fully saturated rings. The third-order valence-electron chi connectivity index (χ3n) is 5.00. The summed E-state index contributed by atoms with van der Waals surface area (Å²) in [5.41, 5.74) is 10.6. The molecule has 0 radical (unpaired) electrons. The average molecular weight is 323 g/mol. The molecular weight excluding hydrogens is 298 g/mol. The van der Waals surface area contributed by atoms with Gasteiger partial charge in [0.1, 0.15) is 0 Å². The van der Waals surface area contributed by atoms with E-state index in [0.29, 0.717) is 6.42 Å². The van der Waals surface area contributed by atoms with Crippen molar-refractivity contribution in [1.29, 1.82) is 0 Å². The number of nitrogens with one attached hydrogen (secondary N) is 1. The Labute approximate surface area is 143 Å². The quantitative estimate of drug-likeness (QED) is 0.829. The molecule has 24 heavy (non-hydrogen) atoms. The Balaban J connectivity index is 1.64. The summed E-state index contributed by atoms with van der Waals surface area (Å²) < 4.78 is 0. The summed E-state index contributed by atoms with van der Waals surface area (Å²) in [5.74, 6) is 0.103. The van der Waals surface area contributed by atoms with Crippen molar-refractivity contribution in [3.8, 4) is 0 Å². The van der Waals surface area contributed by atoms with Gasteiger partial charge in [0.25, 0.3) is 0 Å². The van der Waals surface area contributed by atoms with Gasteiger partial charge in [-0.2, -0.15) is 0 Å². The highest BCUT2D eigenvalue weighted by Crippen LogP contribution is 2.41. The number of amides is 1. The molecule has 1 amide bonds. The molecule has 126 valence electrons. The van der Waals surface area contributed by atoms with Crippen molar-refractivity contribution in [3.63, 3.8) is 0 Å². The number of rotatable bonds is 5. The van der Waals surface area contributed by atoms with Crippen LogP contribution in [0.5, 0.6) is 0 Å². The van der Waals surface area contributed by atoms with Gasteiger partial charge in [0.2, 0.25) is 5.91 Å². The van der Waals surface area contributed by atoms with Crippen molar-refractivity contribution in [2.75, 3.05) is 5.73 Å². The molecule has 0 unspecified atom stereocenters. The number of pyridine rings is 1. The van der Waals surface area contributed by atoms with E-state index in [2.05, 4.69) is 16.4 Å². The molecule has 0 aliphatic heterocycles. The predicted molar refractivity (Wildman–Crippen MR) is 96.6 cm³/mol. The highest BCUT2D eigenvalue weighted by Gasteiger charge is 2.39. The Morgan fingerprint density at radius 2 is 1.88 bits per heavy atom. The normalized spacial score (nSPS) is 15.6. The summed E-state index contributed by atoms with van der Waals surface area (Å²) in [6.07, 6.45) is 4.35. The fourth-order valence-corrected chi connectivity index (χ4v) is 3.38. The minimum atomic E-state index is -0.203. The molecule has 1 aliphatic rings. The maximum atomic E-state index is 12.5. The van der Waals surface area contributed by atoms with E-state index in [9.17, 15) is 4.79 Å². The molecule has 1 heterocycles. The Morgan fingerprint density at radius 3 is 2.46 bits per heavy atom. The lowest BCUT2D eigenvalue weighted by Crippen LogP contribution is -2.50. The van der Waals surface area contributed by atoms with Crippen molar-refractivity contribution in [2.24, 2.45) is 0 Å². The number of nitrogens with zero attached hydrogens (tertiary/aromatic N) is 1. The van der Waals surface area contributed by atoms with E-state index in [0.717, 1.165) is 53.9 Å². The van der Waals surface area contributed by atoms with Crippen molar-refractivity contribution in [2.45, 2.75) is 51.5 Å². The predicted octanol–water partition coefficient (Wildman–Crippen LogP) is 3.41. The van der Waals surface area contributed by atoms with Crippen LogP contribution in [0.25, 0.3) is 0 Å². The van der Waals surface area contributed by atoms with E-state index in [1.54, 1.807) is 0 Å². The molecule has 0 atom stereocenters. The number of anilines is 1. The first-order valence-electron chi connectivity index (χ1n) is 8.59. The molecule has 1 aromatic carbocycles. The fourth-order valence-electron chi connectivity index (χ4n) is 3.38. The molecule has 3 N–H and O–H groups in total. The second kappa shape index (κ2) is 6.63. The van der Waals surface area contributed by atoms with Crippen LogP contribution in [0, 0.1) is 13.8 Å². The van der Waals surface area contributed by atoms with E-state index in [-0.39, 0.29) is 11.4 Å². The second-order valence-corrected chi connectivity index (χ2v) is 6.80. The zero-order chi connectivity index (χ0) is 17.2. The third-order valence-corrected chi connectivity index (χ3v) is 5.00. The number of carbonyl (C=O) groups is 1. The zero-order valence-electron chi connectivity index (χ0n) is 14.4. The van der Waals surface area contributed by atoms with Gasteiger partial charge in [-0.1, -0.05) is 18.2 Å². The number of nitrogen functional groups attached to an aromatic ring is 1. The fraction of sp³-hybridized carbons (Fsp3) is 0.400. The Hall–Kier alpha value is -2.36. The lowest BCUT2D eigenvalue weighted by molar-refractivity contribution is -0.124. The number of carbonyl (C=O) groups excluding carboxylic acids is 1. The monoisotopic (exact) mass is 323 g/mol. The second-order valence-electron chi connectivity index (χ2n) is 6.80. The lowest BCUT2D eigenvalue weighted by atomic mass is 9.71. The van der Waals surface area contributed by atoms with Crippen LogP contribution in [0.2, 0.25) is 0 Å². The molecule has 0 spiro atoms. The topological polar surface area (TPSA) is 68.0 Å². The Kier molecular flexibility index (Phi) is 4.56. The van der Waals surface area contributed by atoms with Crippen LogP contribution in [0.3, 0.4) is 0 Å². The van der Waals surface area contributed by atoms with Gasteiger partial charge in [0, 0.05) is 23.5 Å². The molecule has 2 aromatic rings. The van der Waals surface area contributed by atoms with Crippen molar-refractivity contribution in [3.05, 3.63) is 58.9 Å². The summed E-state index contributed by atoms with van der Waals surface area (Å²) in [7, 11) is 0. The maximum Gasteiger partial charge on any atom is 0.221 e. The highest BCUT2D eigenvalue weighted by molar-refractivity contribution is 5.77. The van der Waals surface area contributed by atoms with Gasteiger partial charge in [0.05, 0.1) is 5.54 Å². The number of benzene rings is 1. The molecule has 3 rings (SSSR count). The number of aromatic nitrogens is 1. The third kappa shape index (κ3) is 3.42. The molecule has 4 nitrogen and oxygen atoms in total. The zero-order valence-corrected chi connectivity index (χ0v) is 14.4. The maximum absolute atomic E-state index is 12.5. The number of nitrogens with two attached hydrogens (primary N) is 1. The first-order chi connectivity index (χ1) is 11.5. The number of hydrogen-bond acceptors (Lipinski definition) is 3. The summed E-state index contributed by atoms with van der Waals surface area (Å²) in [5, 5.41) is 3.27. The van der Waals surface area contributed by atoms with Crippen molar-refractivity contribution >= 4 is 11.6 Å². The largest absolute Gasteiger partial charge is 0.399 e. The average Bonchev–Trinajstić information content (AvgIpc) is 2.51. The summed E-state index contributed by atoms with van der Waals surface area (Å²) in [4.78, 5) is 17.0. The van der Waals surface area contributed by atoms with E-state index >= 15 is 0 Å². The van der Waals surface area contributed by atoms with Crippen LogP contribution in [-0.2, 0) is 16.8 Å². The van der Waals surface area contributed by atoms with Gasteiger partial charge < -0.3 is 11.1 Å². The van der Waals surface area contributed by atoms with Crippen molar-refractivity contribution < 1.29 is 4.79 Å². The molecule has 0 bridgehead atoms. The summed E-state index contributed by atoms with van der Waals surface area (Å²) >= 11 is 0. The number of hydrogen-bond donors (Lipinski definition) is 2. The van der Waals surface area contributed by atoms with Gasteiger partial charge in [-0.25, -0.2) is 0 Å². The van der Waals surface area contributed by atoms with Crippen LogP contribution in [-0.4, -0.2) is 10.9 Å². The molecule has 0 saturated heterocycles. The molecule has 4 heteroatoms. The van der Waals surface area contributed by atoms with Gasteiger partial charge in [-0.15, -0.1) is 0 Å². The minimum absolute atomic E-state index is 0.103. The van der Waals surface area contributed by atoms with Crippen LogP contribution in [0.1, 0.15) is 48.2 Å². The smallest absolute Gasteiger partial charge is 0.221 e. The summed E-state index contributed by atoms with van der Waals surface area (Å²) in [6, 6.07) is 11.9. The van der Waals surface area contributed by atoms with Gasteiger partial charge in [-0.05, 0) is 68.9 Å². The van der Waals surface area contributed by atoms with E-state index in [1.165, 1.54) is 0 Å². The first kappa shape index (κ1) is 16.5. The van der Waals surface area contributed by atoms with Crippen LogP contribution < -0.4 is 11.1 Å². The van der Waals surface area contributed by atoms with Crippen LogP contribution >= 0.6 is 0 Å². The molecular formula is C20H25N3O. The van der Waals surface area contributed by atoms with Gasteiger partial charge in [0.15, 0.2) is 0 Å². The number of aryl methyl sites for hydroxylation is 3. The molecule has 1 saturated carbocycles. The van der Waals surface area contributed by atoms with Gasteiger partial charge >= 0.3 is 0 Å². The van der Waals surface area contributed by atoms with E-state index in [4.69, 9.17) is 5.73 Å². The Bertz CT molecular complexity index is 733.